The largest absolute Gasteiger partial charge is 0.385 e. The summed E-state index contributed by atoms with van der Waals surface area (Å²) < 4.78 is 14.1. The van der Waals surface area contributed by atoms with Crippen LogP contribution in [0.15, 0.2) is 52.2 Å². The highest BCUT2D eigenvalue weighted by Crippen LogP contribution is 2.38. The Morgan fingerprint density at radius 3 is 2.80 bits per heavy atom. The number of aliphatic hydroxyl groups is 1. The number of allylic oxidation sites excluding steroid dienone is 2. The molecule has 3 aliphatic rings. The van der Waals surface area contributed by atoms with Crippen LogP contribution in [0.5, 0.6) is 0 Å². The molecule has 2 atom stereocenters. The zero-order valence-corrected chi connectivity index (χ0v) is 17.2. The highest BCUT2D eigenvalue weighted by atomic mass is 19.1. The third-order valence-electron chi connectivity index (χ3n) is 6.15. The molecule has 1 aromatic carbocycles. The fourth-order valence-corrected chi connectivity index (χ4v) is 4.27. The topological polar surface area (TPSA) is 88.7 Å². The molecule has 6 nitrogen and oxygen atoms in total. The Balaban J connectivity index is 1.54. The number of benzene rings is 1. The molecule has 1 aliphatic heterocycles. The first kappa shape index (κ1) is 20.3. The monoisotopic (exact) mass is 408 g/mol. The lowest BCUT2D eigenvalue weighted by Crippen LogP contribution is -2.49. The van der Waals surface area contributed by atoms with Crippen molar-refractivity contribution in [3.8, 4) is 6.07 Å². The van der Waals surface area contributed by atoms with Crippen LogP contribution in [0.2, 0.25) is 0 Å². The number of rotatable bonds is 4. The maximum atomic E-state index is 14.1. The smallest absolute Gasteiger partial charge is 0.229 e. The number of hydrogen-bond donors (Lipinski definition) is 2. The maximum absolute atomic E-state index is 14.1. The van der Waals surface area contributed by atoms with Crippen LogP contribution in [0, 0.1) is 17.1 Å². The Labute approximate surface area is 175 Å². The predicted molar refractivity (Wildman–Crippen MR) is 110 cm³/mol. The van der Waals surface area contributed by atoms with Crippen LogP contribution >= 0.6 is 0 Å². The van der Waals surface area contributed by atoms with Gasteiger partial charge in [-0.05, 0) is 51.7 Å². The molecule has 4 rings (SSSR count). The molecule has 156 valence electrons. The number of carbonyl (C=O) groups is 1. The molecule has 1 fully saturated rings. The normalized spacial score (nSPS) is 23.0. The minimum Gasteiger partial charge on any atom is -0.385 e. The highest BCUT2D eigenvalue weighted by Gasteiger charge is 2.41. The molecular weight excluding hydrogens is 383 g/mol. The molecule has 30 heavy (non-hydrogen) atoms. The molecule has 1 aromatic rings. The van der Waals surface area contributed by atoms with Crippen molar-refractivity contribution in [3.63, 3.8) is 0 Å². The summed E-state index contributed by atoms with van der Waals surface area (Å²) in [7, 11) is 0. The van der Waals surface area contributed by atoms with Crippen molar-refractivity contribution in [2.24, 2.45) is 4.99 Å². The van der Waals surface area contributed by atoms with Gasteiger partial charge in [0.2, 0.25) is 11.9 Å². The van der Waals surface area contributed by atoms with E-state index in [1.54, 1.807) is 12.1 Å². The van der Waals surface area contributed by atoms with Crippen molar-refractivity contribution < 1.29 is 14.3 Å². The van der Waals surface area contributed by atoms with E-state index in [0.717, 1.165) is 30.5 Å². The summed E-state index contributed by atoms with van der Waals surface area (Å²) in [5.41, 5.74) is 1.01. The van der Waals surface area contributed by atoms with Gasteiger partial charge in [-0.3, -0.25) is 10.1 Å². The van der Waals surface area contributed by atoms with Gasteiger partial charge in [-0.25, -0.2) is 9.38 Å². The summed E-state index contributed by atoms with van der Waals surface area (Å²) in [5, 5.41) is 23.0. The second kappa shape index (κ2) is 7.69. The Bertz CT molecular complexity index is 1010. The van der Waals surface area contributed by atoms with E-state index >= 15 is 0 Å². The lowest BCUT2D eigenvalue weighted by Gasteiger charge is -2.38. The summed E-state index contributed by atoms with van der Waals surface area (Å²) in [6.45, 7) is 3.36. The number of hydrogen-bond acceptors (Lipinski definition) is 5. The van der Waals surface area contributed by atoms with Gasteiger partial charge in [0.15, 0.2) is 0 Å². The zero-order chi connectivity index (χ0) is 21.5. The number of nitrogens with one attached hydrogen (secondary N) is 1. The molecule has 0 aromatic heterocycles. The van der Waals surface area contributed by atoms with E-state index in [9.17, 15) is 19.6 Å². The molecule has 1 saturated carbocycles. The number of halogens is 1. The van der Waals surface area contributed by atoms with Gasteiger partial charge in [-0.2, -0.15) is 5.26 Å². The van der Waals surface area contributed by atoms with E-state index in [2.05, 4.69) is 11.4 Å². The number of carbonyl (C=O) groups excluding carboxylic acids is 1. The summed E-state index contributed by atoms with van der Waals surface area (Å²) in [4.78, 5) is 19.5. The lowest BCUT2D eigenvalue weighted by molar-refractivity contribution is -0.124. The molecule has 2 aliphatic carbocycles. The average molecular weight is 408 g/mol. The Morgan fingerprint density at radius 2 is 2.17 bits per heavy atom. The van der Waals surface area contributed by atoms with Gasteiger partial charge in [-0.1, -0.05) is 23.8 Å². The number of nitrogens with zero attached hydrogens (tertiary/aromatic N) is 3. The molecule has 7 heteroatoms. The first-order valence-corrected chi connectivity index (χ1v) is 10.3. The van der Waals surface area contributed by atoms with Crippen molar-refractivity contribution in [3.05, 3.63) is 58.6 Å². The third kappa shape index (κ3) is 3.63. The standard InChI is InChI=1S/C23H25FN4O2/c1-14-10-19-20(11-15(14)13-25)28(16-6-5-7-16)22(26-19)27-21(29)12-23(2,30)17-8-3-4-9-18(17)24/h3-4,8-9,11,16,19,30H,5-7,10,12H2,1-2H3,(H,26,27,29). The number of amides is 1. The minimum absolute atomic E-state index is 0.0826. The predicted octanol–water partition coefficient (Wildman–Crippen LogP) is 3.26. The van der Waals surface area contributed by atoms with E-state index < -0.39 is 17.3 Å². The third-order valence-corrected chi connectivity index (χ3v) is 6.15. The first-order chi connectivity index (χ1) is 14.3. The molecule has 1 heterocycles. The average Bonchev–Trinajstić information content (AvgIpc) is 2.95. The number of aliphatic imine (C=N–C) groups is 1. The number of nitriles is 1. The highest BCUT2D eigenvalue weighted by molar-refractivity contribution is 5.99. The van der Waals surface area contributed by atoms with Gasteiger partial charge in [0, 0.05) is 17.3 Å². The molecule has 2 unspecified atom stereocenters. The van der Waals surface area contributed by atoms with Crippen molar-refractivity contribution in [2.75, 3.05) is 0 Å². The van der Waals surface area contributed by atoms with E-state index in [-0.39, 0.29) is 24.1 Å². The van der Waals surface area contributed by atoms with Crippen LogP contribution in [0.4, 0.5) is 4.39 Å². The molecule has 0 saturated heterocycles. The molecule has 0 radical (unpaired) electrons. The molecule has 2 N–H and O–H groups in total. The van der Waals surface area contributed by atoms with Crippen molar-refractivity contribution in [1.29, 1.82) is 5.26 Å². The Hall–Kier alpha value is -2.98. The van der Waals surface area contributed by atoms with Crippen molar-refractivity contribution >= 4 is 11.9 Å². The minimum atomic E-state index is -1.64. The van der Waals surface area contributed by atoms with Crippen LogP contribution in [0.1, 0.15) is 51.5 Å². The van der Waals surface area contributed by atoms with Crippen LogP contribution in [-0.2, 0) is 10.4 Å². The van der Waals surface area contributed by atoms with E-state index in [1.165, 1.54) is 19.1 Å². The van der Waals surface area contributed by atoms with Crippen LogP contribution in [0.25, 0.3) is 0 Å². The number of guanidine groups is 1. The summed E-state index contributed by atoms with van der Waals surface area (Å²) in [6.07, 6.45) is 5.33. The summed E-state index contributed by atoms with van der Waals surface area (Å²) in [6, 6.07) is 8.28. The Kier molecular flexibility index (Phi) is 5.20. The van der Waals surface area contributed by atoms with E-state index in [0.29, 0.717) is 18.0 Å². The second-order valence-corrected chi connectivity index (χ2v) is 8.48. The van der Waals surface area contributed by atoms with Crippen molar-refractivity contribution in [1.82, 2.24) is 10.2 Å². The van der Waals surface area contributed by atoms with E-state index in [1.807, 2.05) is 17.9 Å². The van der Waals surface area contributed by atoms with Crippen LogP contribution in [0.3, 0.4) is 0 Å². The lowest BCUT2D eigenvalue weighted by atomic mass is 9.88. The quantitative estimate of drug-likeness (QED) is 0.800. The number of fused-ring (bicyclic) bond motifs is 1. The van der Waals surface area contributed by atoms with Crippen molar-refractivity contribution in [2.45, 2.75) is 63.6 Å². The molecule has 0 bridgehead atoms. The summed E-state index contributed by atoms with van der Waals surface area (Å²) in [5.74, 6) is -0.528. The van der Waals surface area contributed by atoms with Crippen LogP contribution in [-0.4, -0.2) is 34.0 Å². The maximum Gasteiger partial charge on any atom is 0.229 e. The zero-order valence-electron chi connectivity index (χ0n) is 17.2. The fourth-order valence-electron chi connectivity index (χ4n) is 4.27. The van der Waals surface area contributed by atoms with Gasteiger partial charge in [-0.15, -0.1) is 0 Å². The fraction of sp³-hybridized carbons (Fsp3) is 0.435. The second-order valence-electron chi connectivity index (χ2n) is 8.48. The Morgan fingerprint density at radius 1 is 1.43 bits per heavy atom. The summed E-state index contributed by atoms with van der Waals surface area (Å²) >= 11 is 0. The van der Waals surface area contributed by atoms with Crippen LogP contribution < -0.4 is 5.32 Å². The van der Waals surface area contributed by atoms with E-state index in [4.69, 9.17) is 4.99 Å². The first-order valence-electron chi connectivity index (χ1n) is 10.3. The van der Waals surface area contributed by atoms with Gasteiger partial charge in [0.25, 0.3) is 0 Å². The van der Waals surface area contributed by atoms with Gasteiger partial charge >= 0.3 is 0 Å². The SMILES string of the molecule is CC1=C(C#N)C=C2C(C1)N=C(NC(=O)CC(C)(O)c1ccccc1F)N2C1CCC1. The molecule has 1 amide bonds. The molecule has 0 spiro atoms. The molecular formula is C23H25FN4O2. The van der Waals surface area contributed by atoms with Gasteiger partial charge < -0.3 is 10.0 Å². The van der Waals surface area contributed by atoms with Gasteiger partial charge in [0.1, 0.15) is 5.82 Å². The van der Waals surface area contributed by atoms with Gasteiger partial charge in [0.05, 0.1) is 29.7 Å².